The van der Waals surface area contributed by atoms with Gasteiger partial charge in [-0.15, -0.1) is 0 Å². The standard InChI is InChI=1S/C31H31N7O6S/c1-2-20-11-13-21(14-12-20)19-26-30(40)36(31(41)45-26)17-7-3-4-8-18-37(32)29(39)22-9-5-6-10-23(22)33-24-15-16-25(38(42)43)28-27(24)34-44-35-28/h5-6,9-16,19,33H,2-4,7-8,17-18,32H2,1H3. The first-order chi connectivity index (χ1) is 21.8. The number of benzene rings is 3. The average molecular weight is 630 g/mol. The number of nitrogens with one attached hydrogen (secondary N) is 1. The van der Waals surface area contributed by atoms with Crippen LogP contribution in [-0.2, 0) is 11.2 Å². The van der Waals surface area contributed by atoms with E-state index in [1.807, 2.05) is 24.3 Å². The summed E-state index contributed by atoms with van der Waals surface area (Å²) in [7, 11) is 0. The molecular weight excluding hydrogens is 598 g/mol. The first-order valence-corrected chi connectivity index (χ1v) is 15.2. The Balaban J connectivity index is 1.10. The number of rotatable bonds is 13. The molecule has 0 aliphatic carbocycles. The van der Waals surface area contributed by atoms with Gasteiger partial charge in [0.15, 0.2) is 5.52 Å². The largest absolute Gasteiger partial charge is 0.353 e. The summed E-state index contributed by atoms with van der Waals surface area (Å²) in [5.74, 6) is 5.43. The van der Waals surface area contributed by atoms with E-state index in [0.717, 1.165) is 41.6 Å². The Kier molecular flexibility index (Phi) is 9.85. The van der Waals surface area contributed by atoms with Crippen molar-refractivity contribution >= 4 is 63.0 Å². The number of aromatic nitrogens is 2. The molecule has 1 aliphatic heterocycles. The fourth-order valence-corrected chi connectivity index (χ4v) is 5.75. The van der Waals surface area contributed by atoms with Crippen molar-refractivity contribution in [2.45, 2.75) is 39.0 Å². The molecule has 5 rings (SSSR count). The number of carbonyl (C=O) groups is 3. The number of nitrogens with zero attached hydrogens (tertiary/aromatic N) is 5. The Labute approximate surface area is 262 Å². The number of aryl methyl sites for hydroxylation is 1. The van der Waals surface area contributed by atoms with Gasteiger partial charge in [-0.2, -0.15) is 0 Å². The summed E-state index contributed by atoms with van der Waals surface area (Å²) < 4.78 is 4.72. The zero-order valence-corrected chi connectivity index (χ0v) is 25.3. The molecule has 0 radical (unpaired) electrons. The first kappa shape index (κ1) is 31.3. The first-order valence-electron chi connectivity index (χ1n) is 14.4. The van der Waals surface area contributed by atoms with Crippen molar-refractivity contribution in [3.63, 3.8) is 0 Å². The van der Waals surface area contributed by atoms with Gasteiger partial charge in [-0.1, -0.05) is 56.2 Å². The summed E-state index contributed by atoms with van der Waals surface area (Å²) in [6.07, 6.45) is 5.45. The number of amides is 3. The van der Waals surface area contributed by atoms with E-state index in [1.54, 1.807) is 30.3 Å². The SMILES string of the molecule is CCc1ccc(C=C2SC(=O)N(CCCCCCN(N)C(=O)c3ccccc3Nc3ccc([N+](=O)[O-])c4nonc34)C2=O)cc1. The van der Waals surface area contributed by atoms with Crippen LogP contribution in [0.15, 0.2) is 70.2 Å². The van der Waals surface area contributed by atoms with E-state index in [0.29, 0.717) is 47.8 Å². The molecule has 3 N–H and O–H groups in total. The predicted molar refractivity (Wildman–Crippen MR) is 170 cm³/mol. The van der Waals surface area contributed by atoms with E-state index >= 15 is 0 Å². The maximum absolute atomic E-state index is 13.2. The third-order valence-electron chi connectivity index (χ3n) is 7.37. The van der Waals surface area contributed by atoms with Gasteiger partial charge in [-0.3, -0.25) is 34.4 Å². The summed E-state index contributed by atoms with van der Waals surface area (Å²) in [6, 6.07) is 17.4. The number of nitrogens with two attached hydrogens (primary N) is 1. The number of hydrazine groups is 1. The van der Waals surface area contributed by atoms with Crippen LogP contribution in [0.25, 0.3) is 17.1 Å². The number of hydrogen-bond donors (Lipinski definition) is 2. The minimum absolute atomic E-state index is 0.0129. The Morgan fingerprint density at radius 3 is 2.51 bits per heavy atom. The maximum atomic E-state index is 13.2. The van der Waals surface area contributed by atoms with E-state index < -0.39 is 10.8 Å². The predicted octanol–water partition coefficient (Wildman–Crippen LogP) is 6.05. The lowest BCUT2D eigenvalue weighted by Gasteiger charge is -2.19. The second-order valence-electron chi connectivity index (χ2n) is 10.4. The molecule has 13 nitrogen and oxygen atoms in total. The van der Waals surface area contributed by atoms with Gasteiger partial charge in [0.25, 0.3) is 17.1 Å². The van der Waals surface area contributed by atoms with Gasteiger partial charge in [0.05, 0.1) is 26.8 Å². The number of nitro groups is 1. The van der Waals surface area contributed by atoms with Crippen molar-refractivity contribution in [1.82, 2.24) is 20.2 Å². The van der Waals surface area contributed by atoms with Crippen LogP contribution in [0.4, 0.5) is 21.9 Å². The van der Waals surface area contributed by atoms with E-state index in [-0.39, 0.29) is 27.9 Å². The summed E-state index contributed by atoms with van der Waals surface area (Å²) in [5.41, 5.74) is 3.09. The zero-order chi connectivity index (χ0) is 31.9. The third-order valence-corrected chi connectivity index (χ3v) is 8.28. The van der Waals surface area contributed by atoms with Gasteiger partial charge < -0.3 is 5.32 Å². The number of anilines is 2. The summed E-state index contributed by atoms with van der Waals surface area (Å²) in [5, 5.41) is 22.7. The Hall–Kier alpha value is -5.08. The van der Waals surface area contributed by atoms with Crippen LogP contribution in [-0.4, -0.2) is 55.3 Å². The van der Waals surface area contributed by atoms with Crippen molar-refractivity contribution in [3.05, 3.63) is 92.4 Å². The minimum Gasteiger partial charge on any atom is -0.353 e. The van der Waals surface area contributed by atoms with Crippen molar-refractivity contribution in [2.75, 3.05) is 18.4 Å². The lowest BCUT2D eigenvalue weighted by atomic mass is 10.1. The summed E-state index contributed by atoms with van der Waals surface area (Å²) >= 11 is 0.959. The van der Waals surface area contributed by atoms with E-state index in [1.165, 1.54) is 22.6 Å². The van der Waals surface area contributed by atoms with Crippen molar-refractivity contribution in [2.24, 2.45) is 5.84 Å². The van der Waals surface area contributed by atoms with Gasteiger partial charge >= 0.3 is 5.69 Å². The topological polar surface area (TPSA) is 178 Å². The molecule has 1 saturated heterocycles. The number of hydrogen-bond acceptors (Lipinski definition) is 11. The van der Waals surface area contributed by atoms with Crippen molar-refractivity contribution in [3.8, 4) is 0 Å². The van der Waals surface area contributed by atoms with E-state index in [9.17, 15) is 24.5 Å². The highest BCUT2D eigenvalue weighted by molar-refractivity contribution is 8.18. The Morgan fingerprint density at radius 2 is 1.76 bits per heavy atom. The number of non-ortho nitro benzene ring substituents is 1. The molecule has 45 heavy (non-hydrogen) atoms. The highest BCUT2D eigenvalue weighted by atomic mass is 32.2. The molecule has 1 aliphatic rings. The molecule has 4 aromatic rings. The second-order valence-corrected chi connectivity index (χ2v) is 11.4. The molecule has 3 amide bonds. The molecule has 232 valence electrons. The van der Waals surface area contributed by atoms with Crippen LogP contribution in [0.1, 0.15) is 54.1 Å². The fourth-order valence-electron chi connectivity index (χ4n) is 4.88. The smallest absolute Gasteiger partial charge is 0.300 e. The number of nitro benzene ring substituents is 1. The van der Waals surface area contributed by atoms with Gasteiger partial charge in [0.1, 0.15) is 0 Å². The molecule has 2 heterocycles. The van der Waals surface area contributed by atoms with Crippen LogP contribution in [0.5, 0.6) is 0 Å². The molecule has 0 unspecified atom stereocenters. The minimum atomic E-state index is -0.577. The van der Waals surface area contributed by atoms with E-state index in [2.05, 4.69) is 22.6 Å². The van der Waals surface area contributed by atoms with Crippen LogP contribution < -0.4 is 11.2 Å². The zero-order valence-electron chi connectivity index (χ0n) is 24.5. The highest BCUT2D eigenvalue weighted by Gasteiger charge is 2.34. The highest BCUT2D eigenvalue weighted by Crippen LogP contribution is 2.33. The van der Waals surface area contributed by atoms with Crippen molar-refractivity contribution in [1.29, 1.82) is 0 Å². The normalized spacial score (nSPS) is 14.0. The molecular formula is C31H31N7O6S. The molecule has 0 bridgehead atoms. The van der Waals surface area contributed by atoms with E-state index in [4.69, 9.17) is 10.5 Å². The number of unbranched alkanes of at least 4 members (excludes halogenated alkanes) is 3. The Morgan fingerprint density at radius 1 is 1.02 bits per heavy atom. The molecule has 0 atom stereocenters. The quantitative estimate of drug-likeness (QED) is 0.0439. The van der Waals surface area contributed by atoms with Crippen LogP contribution in [0, 0.1) is 10.1 Å². The number of para-hydroxylation sites is 1. The second kappa shape index (κ2) is 14.1. The molecule has 1 aromatic heterocycles. The fraction of sp³-hybridized carbons (Fsp3) is 0.258. The molecule has 3 aromatic carbocycles. The lowest BCUT2D eigenvalue weighted by molar-refractivity contribution is -0.383. The Bertz CT molecular complexity index is 1770. The number of carbonyl (C=O) groups excluding carboxylic acids is 3. The number of fused-ring (bicyclic) bond motifs is 1. The molecule has 1 fully saturated rings. The molecule has 14 heteroatoms. The number of thioether (sulfide) groups is 1. The molecule has 0 saturated carbocycles. The van der Waals surface area contributed by atoms with Crippen LogP contribution in [0.3, 0.4) is 0 Å². The third kappa shape index (κ3) is 7.19. The van der Waals surface area contributed by atoms with Gasteiger partial charge in [-0.25, -0.2) is 10.5 Å². The van der Waals surface area contributed by atoms with Crippen molar-refractivity contribution < 1.29 is 23.9 Å². The molecule has 0 spiro atoms. The number of imide groups is 1. The monoisotopic (exact) mass is 629 g/mol. The summed E-state index contributed by atoms with van der Waals surface area (Å²) in [4.78, 5) is 50.9. The van der Waals surface area contributed by atoms with Gasteiger partial charge in [0.2, 0.25) is 5.52 Å². The maximum Gasteiger partial charge on any atom is 0.300 e. The van der Waals surface area contributed by atoms with Crippen LogP contribution in [0.2, 0.25) is 0 Å². The lowest BCUT2D eigenvalue weighted by Crippen LogP contribution is -2.38. The summed E-state index contributed by atoms with van der Waals surface area (Å²) in [6.45, 7) is 2.70. The average Bonchev–Trinajstić information content (AvgIpc) is 3.64. The van der Waals surface area contributed by atoms with Crippen LogP contribution >= 0.6 is 11.8 Å². The van der Waals surface area contributed by atoms with Gasteiger partial charge in [0, 0.05) is 19.2 Å². The van der Waals surface area contributed by atoms with Gasteiger partial charge in [-0.05, 0) is 76.7 Å².